The first-order chi connectivity index (χ1) is 7.48. The highest BCUT2D eigenvalue weighted by Gasteiger charge is 2.16. The molecule has 86 valence electrons. The van der Waals surface area contributed by atoms with E-state index < -0.39 is 0 Å². The molecule has 0 aliphatic heterocycles. The molecule has 0 fully saturated rings. The van der Waals surface area contributed by atoms with Gasteiger partial charge in [-0.2, -0.15) is 17.0 Å². The van der Waals surface area contributed by atoms with Crippen LogP contribution in [0.15, 0.2) is 12.3 Å². The largest absolute Gasteiger partial charge is 0.397 e. The minimum absolute atomic E-state index is 0.107. The predicted octanol–water partition coefficient (Wildman–Crippen LogP) is 2.09. The molecular weight excluding hydrogens is 220 g/mol. The summed E-state index contributed by atoms with van der Waals surface area (Å²) in [6, 6.07) is 3.71. The number of rotatable bonds is 4. The molecule has 0 amide bonds. The molecule has 0 aliphatic rings. The Balaban J connectivity index is 2.79. The van der Waals surface area contributed by atoms with E-state index in [-0.39, 0.29) is 4.75 Å². The van der Waals surface area contributed by atoms with Crippen LogP contribution >= 0.6 is 11.8 Å². The number of nitrogen functional groups attached to an aromatic ring is 1. The van der Waals surface area contributed by atoms with Gasteiger partial charge >= 0.3 is 0 Å². The third-order valence-electron chi connectivity index (χ3n) is 2.26. The standard InChI is InChI=1S/C11H16N4S/c1-11(2,16-3)7-15-10-8(5-12)4-9(13)6-14-10/h4,6H,7,13H2,1-3H3,(H,14,15). The van der Waals surface area contributed by atoms with Gasteiger partial charge in [0.05, 0.1) is 17.4 Å². The van der Waals surface area contributed by atoms with E-state index in [1.54, 1.807) is 24.0 Å². The van der Waals surface area contributed by atoms with Crippen molar-refractivity contribution in [1.82, 2.24) is 4.98 Å². The van der Waals surface area contributed by atoms with Gasteiger partial charge in [-0.1, -0.05) is 0 Å². The lowest BCUT2D eigenvalue weighted by molar-refractivity contribution is 0.750. The Labute approximate surface area is 100 Å². The first-order valence-corrected chi connectivity index (χ1v) is 6.15. The molecule has 0 saturated carbocycles. The molecule has 0 atom stereocenters. The van der Waals surface area contributed by atoms with E-state index in [9.17, 15) is 0 Å². The van der Waals surface area contributed by atoms with Gasteiger partial charge in [0.25, 0.3) is 0 Å². The normalized spacial score (nSPS) is 10.9. The smallest absolute Gasteiger partial charge is 0.144 e. The summed E-state index contributed by atoms with van der Waals surface area (Å²) in [5.41, 5.74) is 6.55. The molecular formula is C11H16N4S. The third-order valence-corrected chi connectivity index (χ3v) is 3.51. The van der Waals surface area contributed by atoms with E-state index in [1.165, 1.54) is 0 Å². The number of nitrogens with two attached hydrogens (primary N) is 1. The number of nitrogens with zero attached hydrogens (tertiary/aromatic N) is 2. The second-order valence-corrected chi connectivity index (χ2v) is 5.61. The second-order valence-electron chi connectivity index (χ2n) is 4.09. The minimum atomic E-state index is 0.107. The van der Waals surface area contributed by atoms with Crippen molar-refractivity contribution in [3.8, 4) is 6.07 Å². The number of hydrogen-bond acceptors (Lipinski definition) is 5. The van der Waals surface area contributed by atoms with Gasteiger partial charge in [0.1, 0.15) is 11.9 Å². The van der Waals surface area contributed by atoms with Gasteiger partial charge in [0, 0.05) is 11.3 Å². The van der Waals surface area contributed by atoms with E-state index in [0.717, 1.165) is 6.54 Å². The molecule has 0 aromatic carbocycles. The van der Waals surface area contributed by atoms with E-state index >= 15 is 0 Å². The summed E-state index contributed by atoms with van der Waals surface area (Å²) in [5.74, 6) is 0.596. The maximum atomic E-state index is 8.94. The van der Waals surface area contributed by atoms with Gasteiger partial charge in [0.2, 0.25) is 0 Å². The van der Waals surface area contributed by atoms with Crippen molar-refractivity contribution in [2.75, 3.05) is 23.9 Å². The number of hydrogen-bond donors (Lipinski definition) is 2. The van der Waals surface area contributed by atoms with Gasteiger partial charge in [0.15, 0.2) is 0 Å². The van der Waals surface area contributed by atoms with E-state index in [0.29, 0.717) is 17.1 Å². The highest BCUT2D eigenvalue weighted by atomic mass is 32.2. The molecule has 1 rings (SSSR count). The maximum absolute atomic E-state index is 8.94. The van der Waals surface area contributed by atoms with Crippen LogP contribution in [0.1, 0.15) is 19.4 Å². The van der Waals surface area contributed by atoms with Gasteiger partial charge in [-0.15, -0.1) is 0 Å². The van der Waals surface area contributed by atoms with E-state index in [1.807, 2.05) is 0 Å². The predicted molar refractivity (Wildman–Crippen MR) is 69.4 cm³/mol. The molecule has 1 aromatic heterocycles. The second kappa shape index (κ2) is 5.08. The molecule has 1 heterocycles. The Morgan fingerprint density at radius 1 is 1.62 bits per heavy atom. The van der Waals surface area contributed by atoms with Crippen molar-refractivity contribution in [2.24, 2.45) is 0 Å². The lowest BCUT2D eigenvalue weighted by atomic mass is 10.2. The number of nitriles is 1. The molecule has 3 N–H and O–H groups in total. The van der Waals surface area contributed by atoms with Crippen LogP contribution in [0.25, 0.3) is 0 Å². The van der Waals surface area contributed by atoms with Crippen molar-refractivity contribution in [1.29, 1.82) is 5.26 Å². The summed E-state index contributed by atoms with van der Waals surface area (Å²) < 4.78 is 0.107. The molecule has 0 aliphatic carbocycles. The zero-order valence-corrected chi connectivity index (χ0v) is 10.6. The average Bonchev–Trinajstić information content (AvgIpc) is 2.27. The fourth-order valence-corrected chi connectivity index (χ4v) is 1.29. The fourth-order valence-electron chi connectivity index (χ4n) is 1.08. The monoisotopic (exact) mass is 236 g/mol. The van der Waals surface area contributed by atoms with Crippen LogP contribution in [-0.4, -0.2) is 22.5 Å². The van der Waals surface area contributed by atoms with Crippen LogP contribution in [0.2, 0.25) is 0 Å². The Kier molecular flexibility index (Phi) is 4.02. The number of thioether (sulfide) groups is 1. The number of nitrogens with one attached hydrogen (secondary N) is 1. The third kappa shape index (κ3) is 3.31. The molecule has 0 radical (unpaired) electrons. The average molecular weight is 236 g/mol. The zero-order chi connectivity index (χ0) is 12.2. The molecule has 0 bridgehead atoms. The van der Waals surface area contributed by atoms with E-state index in [2.05, 4.69) is 36.5 Å². The maximum Gasteiger partial charge on any atom is 0.144 e. The number of pyridine rings is 1. The quantitative estimate of drug-likeness (QED) is 0.837. The van der Waals surface area contributed by atoms with Crippen molar-refractivity contribution < 1.29 is 0 Å². The van der Waals surface area contributed by atoms with Crippen LogP contribution in [-0.2, 0) is 0 Å². The molecule has 0 unspecified atom stereocenters. The first kappa shape index (κ1) is 12.7. The summed E-state index contributed by atoms with van der Waals surface area (Å²) in [6.45, 7) is 5.02. The van der Waals surface area contributed by atoms with Gasteiger partial charge < -0.3 is 11.1 Å². The van der Waals surface area contributed by atoms with Crippen LogP contribution in [0, 0.1) is 11.3 Å². The van der Waals surface area contributed by atoms with Gasteiger partial charge in [-0.3, -0.25) is 0 Å². The van der Waals surface area contributed by atoms with Crippen molar-refractivity contribution >= 4 is 23.3 Å². The summed E-state index contributed by atoms with van der Waals surface area (Å²) in [4.78, 5) is 4.12. The lowest BCUT2D eigenvalue weighted by Gasteiger charge is -2.22. The first-order valence-electron chi connectivity index (χ1n) is 4.93. The Hall–Kier alpha value is -1.41. The fraction of sp³-hybridized carbons (Fsp3) is 0.455. The SMILES string of the molecule is CSC(C)(C)CNc1ncc(N)cc1C#N. The molecule has 1 aromatic rings. The van der Waals surface area contributed by atoms with Crippen LogP contribution in [0.3, 0.4) is 0 Å². The molecule has 4 nitrogen and oxygen atoms in total. The summed E-state index contributed by atoms with van der Waals surface area (Å²) in [5, 5.41) is 12.1. The van der Waals surface area contributed by atoms with Gasteiger partial charge in [-0.05, 0) is 26.2 Å². The molecule has 0 saturated heterocycles. The summed E-state index contributed by atoms with van der Waals surface area (Å²) >= 11 is 1.77. The molecule has 0 spiro atoms. The summed E-state index contributed by atoms with van der Waals surface area (Å²) in [7, 11) is 0. The Morgan fingerprint density at radius 2 is 2.31 bits per heavy atom. The number of aromatic nitrogens is 1. The number of anilines is 2. The van der Waals surface area contributed by atoms with E-state index in [4.69, 9.17) is 11.0 Å². The Morgan fingerprint density at radius 3 is 2.88 bits per heavy atom. The lowest BCUT2D eigenvalue weighted by Crippen LogP contribution is -2.26. The van der Waals surface area contributed by atoms with Crippen LogP contribution < -0.4 is 11.1 Å². The molecule has 5 heteroatoms. The van der Waals surface area contributed by atoms with Gasteiger partial charge in [-0.25, -0.2) is 4.98 Å². The molecule has 16 heavy (non-hydrogen) atoms. The van der Waals surface area contributed by atoms with Crippen LogP contribution in [0.5, 0.6) is 0 Å². The van der Waals surface area contributed by atoms with Crippen molar-refractivity contribution in [3.63, 3.8) is 0 Å². The topological polar surface area (TPSA) is 74.7 Å². The van der Waals surface area contributed by atoms with Crippen molar-refractivity contribution in [2.45, 2.75) is 18.6 Å². The van der Waals surface area contributed by atoms with Crippen molar-refractivity contribution in [3.05, 3.63) is 17.8 Å². The Bertz CT molecular complexity index is 409. The minimum Gasteiger partial charge on any atom is -0.397 e. The van der Waals surface area contributed by atoms with Crippen LogP contribution in [0.4, 0.5) is 11.5 Å². The highest BCUT2D eigenvalue weighted by molar-refractivity contribution is 7.99. The zero-order valence-electron chi connectivity index (χ0n) is 9.74. The highest BCUT2D eigenvalue weighted by Crippen LogP contribution is 2.22. The summed E-state index contributed by atoms with van der Waals surface area (Å²) in [6.07, 6.45) is 3.61.